The minimum Gasteiger partial charge on any atom is -0.506 e. The first-order valence-electron chi connectivity index (χ1n) is 4.44. The normalized spacial score (nSPS) is 11.8. The molecule has 6 heteroatoms. The molecule has 0 unspecified atom stereocenters. The molecular weight excluding hydrogens is 230 g/mol. The largest absolute Gasteiger partial charge is 0.506 e. The SMILES string of the molecule is CS(=O)(=O)c1c[nH]c2c(O)cccc2c1=O. The van der Waals surface area contributed by atoms with Gasteiger partial charge in [0.15, 0.2) is 9.84 Å². The van der Waals surface area contributed by atoms with Gasteiger partial charge in [0.2, 0.25) is 5.43 Å². The van der Waals surface area contributed by atoms with Crippen molar-refractivity contribution in [2.24, 2.45) is 0 Å². The number of benzene rings is 1. The van der Waals surface area contributed by atoms with Gasteiger partial charge in [-0.15, -0.1) is 0 Å². The molecule has 0 atom stereocenters. The Hall–Kier alpha value is -1.82. The van der Waals surface area contributed by atoms with Gasteiger partial charge in [-0.3, -0.25) is 4.79 Å². The van der Waals surface area contributed by atoms with Crippen molar-refractivity contribution in [1.29, 1.82) is 0 Å². The molecule has 0 bridgehead atoms. The number of aromatic amines is 1. The van der Waals surface area contributed by atoms with Crippen LogP contribution < -0.4 is 5.43 Å². The first kappa shape index (κ1) is 10.7. The Bertz CT molecular complexity index is 715. The Morgan fingerprint density at radius 1 is 1.31 bits per heavy atom. The van der Waals surface area contributed by atoms with Crippen LogP contribution in [-0.2, 0) is 9.84 Å². The quantitative estimate of drug-likeness (QED) is 0.764. The van der Waals surface area contributed by atoms with Crippen molar-refractivity contribution < 1.29 is 13.5 Å². The molecule has 2 N–H and O–H groups in total. The molecule has 1 aromatic carbocycles. The van der Waals surface area contributed by atoms with Gasteiger partial charge >= 0.3 is 0 Å². The fourth-order valence-electron chi connectivity index (χ4n) is 1.49. The second-order valence-corrected chi connectivity index (χ2v) is 5.44. The number of phenols is 1. The molecular formula is C10H9NO4S. The van der Waals surface area contributed by atoms with Crippen molar-refractivity contribution in [3.8, 4) is 5.75 Å². The fourth-order valence-corrected chi connectivity index (χ4v) is 2.21. The highest BCUT2D eigenvalue weighted by Gasteiger charge is 2.15. The molecule has 0 aliphatic heterocycles. The standard InChI is InChI=1S/C10H9NO4S/c1-16(14,15)8-5-11-9-6(10(8)13)3-2-4-7(9)12/h2-5,12H,1H3,(H,11,13). The highest BCUT2D eigenvalue weighted by molar-refractivity contribution is 7.90. The van der Waals surface area contributed by atoms with Crippen molar-refractivity contribution >= 4 is 20.7 Å². The lowest BCUT2D eigenvalue weighted by atomic mass is 10.2. The summed E-state index contributed by atoms with van der Waals surface area (Å²) < 4.78 is 22.6. The van der Waals surface area contributed by atoms with E-state index in [0.29, 0.717) is 0 Å². The van der Waals surface area contributed by atoms with Gasteiger partial charge < -0.3 is 10.1 Å². The van der Waals surface area contributed by atoms with Gasteiger partial charge in [-0.25, -0.2) is 8.42 Å². The molecule has 1 heterocycles. The average molecular weight is 239 g/mol. The van der Waals surface area contributed by atoms with E-state index in [4.69, 9.17) is 0 Å². The zero-order chi connectivity index (χ0) is 11.9. The molecule has 0 aliphatic rings. The smallest absolute Gasteiger partial charge is 0.208 e. The molecule has 0 radical (unpaired) electrons. The second kappa shape index (κ2) is 3.34. The van der Waals surface area contributed by atoms with Gasteiger partial charge in [0.25, 0.3) is 0 Å². The Morgan fingerprint density at radius 3 is 2.62 bits per heavy atom. The van der Waals surface area contributed by atoms with Gasteiger partial charge in [0.1, 0.15) is 10.6 Å². The third kappa shape index (κ3) is 1.57. The number of pyridine rings is 1. The van der Waals surface area contributed by atoms with Gasteiger partial charge in [-0.1, -0.05) is 6.07 Å². The van der Waals surface area contributed by atoms with Crippen molar-refractivity contribution in [1.82, 2.24) is 4.98 Å². The van der Waals surface area contributed by atoms with Crippen molar-refractivity contribution in [3.63, 3.8) is 0 Å². The van der Waals surface area contributed by atoms with Crippen molar-refractivity contribution in [3.05, 3.63) is 34.6 Å². The summed E-state index contributed by atoms with van der Waals surface area (Å²) in [7, 11) is -3.56. The lowest BCUT2D eigenvalue weighted by Crippen LogP contribution is -2.14. The highest BCUT2D eigenvalue weighted by atomic mass is 32.2. The molecule has 0 aliphatic carbocycles. The minimum atomic E-state index is -3.56. The molecule has 16 heavy (non-hydrogen) atoms. The van der Waals surface area contributed by atoms with E-state index in [-0.39, 0.29) is 21.5 Å². The monoisotopic (exact) mass is 239 g/mol. The first-order valence-corrected chi connectivity index (χ1v) is 6.34. The summed E-state index contributed by atoms with van der Waals surface area (Å²) in [5, 5.41) is 9.63. The summed E-state index contributed by atoms with van der Waals surface area (Å²) >= 11 is 0. The molecule has 5 nitrogen and oxygen atoms in total. The number of H-pyrrole nitrogens is 1. The molecule has 0 fully saturated rings. The second-order valence-electron chi connectivity index (χ2n) is 3.45. The summed E-state index contributed by atoms with van der Waals surface area (Å²) in [5.41, 5.74) is -0.368. The van der Waals surface area contributed by atoms with E-state index in [1.54, 1.807) is 0 Å². The van der Waals surface area contributed by atoms with Gasteiger partial charge in [0, 0.05) is 12.5 Å². The molecule has 2 rings (SSSR count). The van der Waals surface area contributed by atoms with E-state index in [1.807, 2.05) is 0 Å². The molecule has 0 spiro atoms. The predicted molar refractivity (Wildman–Crippen MR) is 59.3 cm³/mol. The predicted octanol–water partition coefficient (Wildman–Crippen LogP) is 0.637. The van der Waals surface area contributed by atoms with Crippen LogP contribution in [0.4, 0.5) is 0 Å². The van der Waals surface area contributed by atoms with Crippen LogP contribution >= 0.6 is 0 Å². The van der Waals surface area contributed by atoms with Crippen molar-refractivity contribution in [2.75, 3.05) is 6.26 Å². The molecule has 0 saturated heterocycles. The van der Waals surface area contributed by atoms with E-state index >= 15 is 0 Å². The summed E-state index contributed by atoms with van der Waals surface area (Å²) in [5.74, 6) is -0.0883. The van der Waals surface area contributed by atoms with Gasteiger partial charge in [0.05, 0.1) is 10.9 Å². The lowest BCUT2D eigenvalue weighted by Gasteiger charge is -2.02. The number of aromatic hydroxyl groups is 1. The molecule has 1 aromatic heterocycles. The Morgan fingerprint density at radius 2 is 2.00 bits per heavy atom. The third-order valence-electron chi connectivity index (χ3n) is 2.26. The summed E-state index contributed by atoms with van der Waals surface area (Å²) in [6, 6.07) is 4.36. The lowest BCUT2D eigenvalue weighted by molar-refractivity contribution is 0.480. The number of phenolic OH excluding ortho intramolecular Hbond substituents is 1. The van der Waals surface area contributed by atoms with E-state index in [1.165, 1.54) is 18.2 Å². The van der Waals surface area contributed by atoms with Crippen LogP contribution in [0.3, 0.4) is 0 Å². The molecule has 0 saturated carbocycles. The third-order valence-corrected chi connectivity index (χ3v) is 3.36. The maximum Gasteiger partial charge on any atom is 0.208 e. The van der Waals surface area contributed by atoms with E-state index in [9.17, 15) is 18.3 Å². The van der Waals surface area contributed by atoms with E-state index in [0.717, 1.165) is 12.5 Å². The molecule has 2 aromatic rings. The Balaban J connectivity index is 2.98. The summed E-state index contributed by atoms with van der Waals surface area (Å²) in [4.78, 5) is 14.1. The first-order chi connectivity index (χ1) is 7.41. The van der Waals surface area contributed by atoms with Crippen LogP contribution in [0.2, 0.25) is 0 Å². The average Bonchev–Trinajstić information content (AvgIpc) is 2.18. The minimum absolute atomic E-state index is 0.0883. The fraction of sp³-hybridized carbons (Fsp3) is 0.100. The number of para-hydroxylation sites is 1. The maximum atomic E-state index is 11.8. The van der Waals surface area contributed by atoms with Crippen LogP contribution in [-0.4, -0.2) is 24.8 Å². The van der Waals surface area contributed by atoms with Crippen molar-refractivity contribution in [2.45, 2.75) is 4.90 Å². The van der Waals surface area contributed by atoms with Crippen LogP contribution in [0.1, 0.15) is 0 Å². The van der Waals surface area contributed by atoms with E-state index in [2.05, 4.69) is 4.98 Å². The van der Waals surface area contributed by atoms with E-state index < -0.39 is 15.3 Å². The maximum absolute atomic E-state index is 11.8. The van der Waals surface area contributed by atoms with Gasteiger partial charge in [-0.05, 0) is 12.1 Å². The highest BCUT2D eigenvalue weighted by Crippen LogP contribution is 2.20. The van der Waals surface area contributed by atoms with Crippen LogP contribution in [0.15, 0.2) is 34.1 Å². The number of hydrogen-bond donors (Lipinski definition) is 2. The number of hydrogen-bond acceptors (Lipinski definition) is 4. The molecule has 84 valence electrons. The number of aromatic nitrogens is 1. The van der Waals surface area contributed by atoms with Crippen LogP contribution in [0.5, 0.6) is 5.75 Å². The Labute approximate surface area is 91.3 Å². The van der Waals surface area contributed by atoms with Crippen LogP contribution in [0.25, 0.3) is 10.9 Å². The number of rotatable bonds is 1. The van der Waals surface area contributed by atoms with Gasteiger partial charge in [-0.2, -0.15) is 0 Å². The summed E-state index contributed by atoms with van der Waals surface area (Å²) in [6.45, 7) is 0. The summed E-state index contributed by atoms with van der Waals surface area (Å²) in [6.07, 6.45) is 2.06. The zero-order valence-electron chi connectivity index (χ0n) is 8.39. The molecule has 0 amide bonds. The number of fused-ring (bicyclic) bond motifs is 1. The Kier molecular flexibility index (Phi) is 2.23. The number of nitrogens with one attached hydrogen (secondary N) is 1. The zero-order valence-corrected chi connectivity index (χ0v) is 9.21. The number of sulfone groups is 1. The van der Waals surface area contributed by atoms with Crippen LogP contribution in [0, 0.1) is 0 Å². The topological polar surface area (TPSA) is 87.2 Å².